The number of halogens is 1. The number of sulfonamides is 1. The van der Waals surface area contributed by atoms with Gasteiger partial charge >= 0.3 is 0 Å². The summed E-state index contributed by atoms with van der Waals surface area (Å²) in [6.45, 7) is 6.63. The van der Waals surface area contributed by atoms with E-state index in [9.17, 15) is 8.42 Å². The normalized spacial score (nSPS) is 26.9. The molecule has 1 aliphatic heterocycles. The zero-order valence-electron chi connectivity index (χ0n) is 10.1. The van der Waals surface area contributed by atoms with Gasteiger partial charge in [0.15, 0.2) is 0 Å². The smallest absolute Gasteiger partial charge is 0.214 e. The van der Waals surface area contributed by atoms with Crippen LogP contribution in [0, 0.1) is 0 Å². The summed E-state index contributed by atoms with van der Waals surface area (Å²) in [5.74, 6) is 0.220. The van der Waals surface area contributed by atoms with Crippen LogP contribution in [-0.2, 0) is 14.8 Å². The molecular formula is C10H20BrNO3S. The van der Waals surface area contributed by atoms with Gasteiger partial charge in [0, 0.05) is 18.4 Å². The second-order valence-electron chi connectivity index (χ2n) is 4.76. The highest BCUT2D eigenvalue weighted by Crippen LogP contribution is 2.24. The van der Waals surface area contributed by atoms with E-state index in [1.807, 2.05) is 20.8 Å². The Labute approximate surface area is 107 Å². The zero-order chi connectivity index (χ0) is 12.4. The van der Waals surface area contributed by atoms with Crippen LogP contribution in [0.4, 0.5) is 0 Å². The van der Waals surface area contributed by atoms with Gasteiger partial charge in [-0.25, -0.2) is 8.42 Å². The molecule has 0 N–H and O–H groups in total. The molecule has 0 aliphatic carbocycles. The van der Waals surface area contributed by atoms with E-state index in [1.54, 1.807) is 4.31 Å². The van der Waals surface area contributed by atoms with Crippen LogP contribution in [-0.4, -0.2) is 48.6 Å². The molecule has 0 aromatic rings. The first kappa shape index (κ1) is 14.4. The second-order valence-corrected chi connectivity index (χ2v) is 7.50. The molecule has 1 fully saturated rings. The van der Waals surface area contributed by atoms with Crippen molar-refractivity contribution in [1.29, 1.82) is 0 Å². The van der Waals surface area contributed by atoms with Gasteiger partial charge in [0.05, 0.1) is 17.5 Å². The average Bonchev–Trinajstić information content (AvgIpc) is 2.15. The van der Waals surface area contributed by atoms with Crippen LogP contribution in [0.2, 0.25) is 0 Å². The molecule has 0 aromatic carbocycles. The van der Waals surface area contributed by atoms with Gasteiger partial charge in [0.1, 0.15) is 0 Å². The van der Waals surface area contributed by atoms with Crippen molar-refractivity contribution >= 4 is 26.0 Å². The maximum Gasteiger partial charge on any atom is 0.214 e. The number of morpholine rings is 1. The van der Waals surface area contributed by atoms with Crippen molar-refractivity contribution < 1.29 is 13.2 Å². The lowest BCUT2D eigenvalue weighted by Crippen LogP contribution is -2.55. The van der Waals surface area contributed by atoms with E-state index in [4.69, 9.17) is 4.74 Å². The topological polar surface area (TPSA) is 46.6 Å². The maximum atomic E-state index is 12.0. The molecule has 1 rings (SSSR count). The lowest BCUT2D eigenvalue weighted by molar-refractivity contribution is -0.106. The molecular weight excluding hydrogens is 294 g/mol. The van der Waals surface area contributed by atoms with E-state index in [-0.39, 0.29) is 11.9 Å². The second kappa shape index (κ2) is 5.33. The predicted molar refractivity (Wildman–Crippen MR) is 68.4 cm³/mol. The Morgan fingerprint density at radius 3 is 2.62 bits per heavy atom. The van der Waals surface area contributed by atoms with Crippen LogP contribution < -0.4 is 0 Å². The van der Waals surface area contributed by atoms with Crippen molar-refractivity contribution in [2.24, 2.45) is 0 Å². The van der Waals surface area contributed by atoms with Crippen LogP contribution in [0.1, 0.15) is 27.2 Å². The molecule has 0 amide bonds. The van der Waals surface area contributed by atoms with E-state index < -0.39 is 15.6 Å². The Kier molecular flexibility index (Phi) is 4.80. The van der Waals surface area contributed by atoms with Crippen molar-refractivity contribution in [3.63, 3.8) is 0 Å². The first-order chi connectivity index (χ1) is 7.30. The molecule has 4 nitrogen and oxygen atoms in total. The largest absolute Gasteiger partial charge is 0.369 e. The Morgan fingerprint density at radius 1 is 1.50 bits per heavy atom. The summed E-state index contributed by atoms with van der Waals surface area (Å²) in [7, 11) is -3.11. The van der Waals surface area contributed by atoms with Crippen LogP contribution in [0.15, 0.2) is 0 Å². The first-order valence-corrected chi connectivity index (χ1v) is 8.25. The highest BCUT2D eigenvalue weighted by atomic mass is 79.9. The van der Waals surface area contributed by atoms with Crippen LogP contribution >= 0.6 is 15.9 Å². The number of nitrogens with zero attached hydrogens (tertiary/aromatic N) is 1. The number of hydrogen-bond acceptors (Lipinski definition) is 3. The fraction of sp³-hybridized carbons (Fsp3) is 1.00. The van der Waals surface area contributed by atoms with Crippen molar-refractivity contribution in [1.82, 2.24) is 4.31 Å². The minimum absolute atomic E-state index is 0.0598. The molecule has 1 atom stereocenters. The fourth-order valence-electron chi connectivity index (χ4n) is 1.92. The molecule has 1 unspecified atom stereocenters. The number of alkyl halides is 1. The average molecular weight is 314 g/mol. The Balaban J connectivity index is 2.81. The lowest BCUT2D eigenvalue weighted by Gasteiger charge is -2.41. The van der Waals surface area contributed by atoms with Crippen LogP contribution in [0.5, 0.6) is 0 Å². The Hall–Kier alpha value is 0.350. The molecule has 96 valence electrons. The molecule has 1 heterocycles. The minimum Gasteiger partial charge on any atom is -0.369 e. The van der Waals surface area contributed by atoms with Gasteiger partial charge in [-0.05, 0) is 20.3 Å². The van der Waals surface area contributed by atoms with Crippen LogP contribution in [0.25, 0.3) is 0 Å². The Morgan fingerprint density at radius 2 is 2.12 bits per heavy atom. The third-order valence-corrected chi connectivity index (χ3v) is 5.19. The molecule has 0 aromatic heterocycles. The van der Waals surface area contributed by atoms with E-state index in [2.05, 4.69) is 15.9 Å². The number of ether oxygens (including phenoxy) is 1. The summed E-state index contributed by atoms with van der Waals surface area (Å²) < 4.78 is 31.3. The molecule has 0 spiro atoms. The highest BCUT2D eigenvalue weighted by molar-refractivity contribution is 9.09. The lowest BCUT2D eigenvalue weighted by atomic mass is 10.1. The van der Waals surface area contributed by atoms with Gasteiger partial charge in [0.2, 0.25) is 10.0 Å². The van der Waals surface area contributed by atoms with E-state index in [0.29, 0.717) is 24.8 Å². The summed E-state index contributed by atoms with van der Waals surface area (Å²) in [5.41, 5.74) is -0.405. The first-order valence-electron chi connectivity index (χ1n) is 5.52. The molecule has 0 bridgehead atoms. The van der Waals surface area contributed by atoms with Gasteiger partial charge in [-0.3, -0.25) is 0 Å². The van der Waals surface area contributed by atoms with Gasteiger partial charge < -0.3 is 4.74 Å². The number of hydrogen-bond donors (Lipinski definition) is 0. The van der Waals surface area contributed by atoms with Crippen molar-refractivity contribution in [2.75, 3.05) is 24.2 Å². The van der Waals surface area contributed by atoms with Gasteiger partial charge in [-0.2, -0.15) is 4.31 Å². The molecule has 6 heteroatoms. The minimum atomic E-state index is -3.11. The number of rotatable bonds is 4. The highest BCUT2D eigenvalue weighted by Gasteiger charge is 2.37. The van der Waals surface area contributed by atoms with Crippen molar-refractivity contribution in [3.05, 3.63) is 0 Å². The third kappa shape index (κ3) is 3.68. The van der Waals surface area contributed by atoms with E-state index >= 15 is 0 Å². The molecule has 1 aliphatic rings. The molecule has 0 radical (unpaired) electrons. The summed E-state index contributed by atoms with van der Waals surface area (Å²) in [6.07, 6.45) is 0.592. The van der Waals surface area contributed by atoms with Crippen LogP contribution in [0.3, 0.4) is 0 Å². The monoisotopic (exact) mass is 313 g/mol. The molecule has 16 heavy (non-hydrogen) atoms. The summed E-state index contributed by atoms with van der Waals surface area (Å²) in [4.78, 5) is 0. The summed E-state index contributed by atoms with van der Waals surface area (Å²) >= 11 is 3.35. The maximum absolute atomic E-state index is 12.0. The predicted octanol–water partition coefficient (Wildman–Crippen LogP) is 1.60. The van der Waals surface area contributed by atoms with Crippen molar-refractivity contribution in [3.8, 4) is 0 Å². The summed E-state index contributed by atoms with van der Waals surface area (Å²) in [6, 6.07) is 0. The standard InChI is InChI=1S/C10H20BrNO3S/c1-4-5-16(13,14)12-7-9(6-11)15-10(2,3)8-12/h9H,4-8H2,1-3H3. The quantitative estimate of drug-likeness (QED) is 0.741. The molecule has 1 saturated heterocycles. The summed E-state index contributed by atoms with van der Waals surface area (Å²) in [5, 5.41) is 0.661. The van der Waals surface area contributed by atoms with E-state index in [0.717, 1.165) is 0 Å². The van der Waals surface area contributed by atoms with E-state index in [1.165, 1.54) is 0 Å². The van der Waals surface area contributed by atoms with Gasteiger partial charge in [-0.1, -0.05) is 22.9 Å². The SMILES string of the molecule is CCCS(=O)(=O)N1CC(CBr)OC(C)(C)C1. The Bertz CT molecular complexity index is 329. The molecule has 0 saturated carbocycles. The van der Waals surface area contributed by atoms with Gasteiger partial charge in [-0.15, -0.1) is 0 Å². The van der Waals surface area contributed by atoms with Gasteiger partial charge in [0.25, 0.3) is 0 Å². The fourth-order valence-corrected chi connectivity index (χ4v) is 3.93. The van der Waals surface area contributed by atoms with Crippen molar-refractivity contribution in [2.45, 2.75) is 38.9 Å². The zero-order valence-corrected chi connectivity index (χ0v) is 12.5. The third-order valence-electron chi connectivity index (χ3n) is 2.48.